The van der Waals surface area contributed by atoms with Gasteiger partial charge in [0.25, 0.3) is 5.91 Å². The van der Waals surface area contributed by atoms with Crippen molar-refractivity contribution < 1.29 is 9.90 Å². The minimum absolute atomic E-state index is 0.103. The molecule has 3 aromatic rings. The van der Waals surface area contributed by atoms with Crippen molar-refractivity contribution in [1.82, 2.24) is 4.98 Å². The predicted molar refractivity (Wildman–Crippen MR) is 94.1 cm³/mol. The summed E-state index contributed by atoms with van der Waals surface area (Å²) in [7, 11) is 0. The molecule has 0 aliphatic rings. The van der Waals surface area contributed by atoms with Gasteiger partial charge in [0.1, 0.15) is 11.6 Å². The van der Waals surface area contributed by atoms with Crippen LogP contribution in [0.5, 0.6) is 5.75 Å². The average Bonchev–Trinajstić information content (AvgIpc) is 2.61. The van der Waals surface area contributed by atoms with E-state index in [0.717, 1.165) is 5.56 Å². The van der Waals surface area contributed by atoms with E-state index in [1.807, 2.05) is 30.3 Å². The monoisotopic (exact) mass is 319 g/mol. The number of pyridine rings is 1. The summed E-state index contributed by atoms with van der Waals surface area (Å²) < 4.78 is 0. The van der Waals surface area contributed by atoms with Crippen LogP contribution in [0.4, 0.5) is 11.5 Å². The summed E-state index contributed by atoms with van der Waals surface area (Å²) in [6.07, 6.45) is 1.52. The topological polar surface area (TPSA) is 74.2 Å². The molecule has 1 amide bonds. The molecule has 0 saturated carbocycles. The largest absolute Gasteiger partial charge is 0.508 e. The van der Waals surface area contributed by atoms with E-state index in [2.05, 4.69) is 15.6 Å². The van der Waals surface area contributed by atoms with Crippen molar-refractivity contribution in [3.05, 3.63) is 84.1 Å². The van der Waals surface area contributed by atoms with Crippen LogP contribution in [0.2, 0.25) is 0 Å². The number of amides is 1. The molecule has 0 fully saturated rings. The predicted octanol–water partition coefficient (Wildman–Crippen LogP) is 3.65. The number of aromatic hydroxyl groups is 1. The zero-order valence-corrected chi connectivity index (χ0v) is 12.9. The van der Waals surface area contributed by atoms with Gasteiger partial charge < -0.3 is 15.7 Å². The Labute approximate surface area is 140 Å². The first-order chi connectivity index (χ1) is 11.7. The normalized spacial score (nSPS) is 10.2. The molecule has 0 unspecified atom stereocenters. The number of carbonyl (C=O) groups is 1. The lowest BCUT2D eigenvalue weighted by Crippen LogP contribution is -2.12. The lowest BCUT2D eigenvalue weighted by Gasteiger charge is -2.08. The molecule has 5 heteroatoms. The van der Waals surface area contributed by atoms with Crippen LogP contribution in [0.1, 0.15) is 15.9 Å². The first-order valence-electron chi connectivity index (χ1n) is 7.55. The first kappa shape index (κ1) is 15.6. The van der Waals surface area contributed by atoms with Gasteiger partial charge in [-0.1, -0.05) is 36.4 Å². The van der Waals surface area contributed by atoms with Crippen molar-refractivity contribution in [1.29, 1.82) is 0 Å². The van der Waals surface area contributed by atoms with Gasteiger partial charge in [-0.3, -0.25) is 4.79 Å². The molecule has 1 aromatic heterocycles. The Balaban J connectivity index is 1.60. The maximum Gasteiger partial charge on any atom is 0.257 e. The van der Waals surface area contributed by atoms with Gasteiger partial charge in [0.2, 0.25) is 0 Å². The van der Waals surface area contributed by atoms with Crippen LogP contribution in [0.25, 0.3) is 0 Å². The average molecular weight is 319 g/mol. The molecule has 0 aliphatic carbocycles. The van der Waals surface area contributed by atoms with Crippen molar-refractivity contribution in [2.24, 2.45) is 0 Å². The van der Waals surface area contributed by atoms with Gasteiger partial charge in [0.15, 0.2) is 0 Å². The van der Waals surface area contributed by atoms with Gasteiger partial charge in [-0.05, 0) is 29.8 Å². The van der Waals surface area contributed by atoms with Crippen LogP contribution in [0.15, 0.2) is 72.9 Å². The number of anilines is 2. The minimum Gasteiger partial charge on any atom is -0.508 e. The zero-order chi connectivity index (χ0) is 16.8. The molecule has 0 saturated heterocycles. The maximum atomic E-state index is 12.2. The summed E-state index contributed by atoms with van der Waals surface area (Å²) in [4.78, 5) is 16.4. The van der Waals surface area contributed by atoms with Crippen molar-refractivity contribution in [3.8, 4) is 5.75 Å². The Hall–Kier alpha value is -3.34. The van der Waals surface area contributed by atoms with Crippen LogP contribution in [0.3, 0.4) is 0 Å². The molecule has 120 valence electrons. The number of phenols is 1. The first-order valence-corrected chi connectivity index (χ1v) is 7.55. The lowest BCUT2D eigenvalue weighted by atomic mass is 10.2. The number of nitrogens with zero attached hydrogens (tertiary/aromatic N) is 1. The van der Waals surface area contributed by atoms with Crippen LogP contribution < -0.4 is 10.6 Å². The Morgan fingerprint density at radius 1 is 1.00 bits per heavy atom. The van der Waals surface area contributed by atoms with E-state index in [-0.39, 0.29) is 11.7 Å². The van der Waals surface area contributed by atoms with E-state index in [1.54, 1.807) is 30.3 Å². The van der Waals surface area contributed by atoms with E-state index < -0.39 is 0 Å². The van der Waals surface area contributed by atoms with Crippen LogP contribution in [0, 0.1) is 0 Å². The highest BCUT2D eigenvalue weighted by atomic mass is 16.3. The summed E-state index contributed by atoms with van der Waals surface area (Å²) in [6.45, 7) is 0.669. The fourth-order valence-corrected chi connectivity index (χ4v) is 2.21. The molecular weight excluding hydrogens is 302 g/mol. The van der Waals surface area contributed by atoms with Gasteiger partial charge >= 0.3 is 0 Å². The van der Waals surface area contributed by atoms with E-state index >= 15 is 0 Å². The molecule has 5 nitrogen and oxygen atoms in total. The van der Waals surface area contributed by atoms with Crippen LogP contribution in [-0.4, -0.2) is 16.0 Å². The lowest BCUT2D eigenvalue weighted by molar-refractivity contribution is 0.102. The van der Waals surface area contributed by atoms with Crippen molar-refractivity contribution in [2.45, 2.75) is 6.54 Å². The number of hydrogen-bond donors (Lipinski definition) is 3. The van der Waals surface area contributed by atoms with E-state index in [0.29, 0.717) is 23.6 Å². The second-order valence-electron chi connectivity index (χ2n) is 5.28. The molecule has 2 aromatic carbocycles. The van der Waals surface area contributed by atoms with Gasteiger partial charge in [0, 0.05) is 24.5 Å². The molecule has 3 rings (SSSR count). The second kappa shape index (κ2) is 7.28. The Morgan fingerprint density at radius 2 is 1.83 bits per heavy atom. The Morgan fingerprint density at radius 3 is 2.54 bits per heavy atom. The van der Waals surface area contributed by atoms with E-state index in [4.69, 9.17) is 0 Å². The number of carbonyl (C=O) groups excluding carboxylic acids is 1. The van der Waals surface area contributed by atoms with Gasteiger partial charge in [-0.2, -0.15) is 0 Å². The molecule has 0 spiro atoms. The van der Waals surface area contributed by atoms with Crippen LogP contribution >= 0.6 is 0 Å². The molecule has 1 heterocycles. The summed E-state index contributed by atoms with van der Waals surface area (Å²) >= 11 is 0. The van der Waals surface area contributed by atoms with Gasteiger partial charge in [0.05, 0.1) is 5.56 Å². The summed E-state index contributed by atoms with van der Waals surface area (Å²) in [6, 6.07) is 19.9. The molecule has 0 radical (unpaired) electrons. The van der Waals surface area contributed by atoms with Crippen molar-refractivity contribution in [3.63, 3.8) is 0 Å². The van der Waals surface area contributed by atoms with Crippen molar-refractivity contribution >= 4 is 17.4 Å². The molecule has 0 atom stereocenters. The third-order valence-corrected chi connectivity index (χ3v) is 3.45. The molecule has 3 N–H and O–H groups in total. The summed E-state index contributed by atoms with van der Waals surface area (Å²) in [5.74, 6) is 0.529. The molecule has 24 heavy (non-hydrogen) atoms. The van der Waals surface area contributed by atoms with Crippen molar-refractivity contribution in [2.75, 3.05) is 10.6 Å². The Kier molecular flexibility index (Phi) is 4.72. The SMILES string of the molecule is O=C(Nc1cccc(O)c1)c1ccc(NCc2ccccc2)nc1. The fraction of sp³-hybridized carbons (Fsp3) is 0.0526. The minimum atomic E-state index is -0.275. The number of hydrogen-bond acceptors (Lipinski definition) is 4. The number of aromatic nitrogens is 1. The number of rotatable bonds is 5. The van der Waals surface area contributed by atoms with E-state index in [9.17, 15) is 9.90 Å². The highest BCUT2D eigenvalue weighted by molar-refractivity contribution is 6.04. The third kappa shape index (κ3) is 4.10. The van der Waals surface area contributed by atoms with Gasteiger partial charge in [-0.15, -0.1) is 0 Å². The summed E-state index contributed by atoms with van der Waals surface area (Å²) in [5.41, 5.74) is 2.14. The standard InChI is InChI=1S/C19H17N3O2/c23-17-8-4-7-16(11-17)22-19(24)15-9-10-18(21-13-15)20-12-14-5-2-1-3-6-14/h1-11,13,23H,12H2,(H,20,21)(H,22,24). The molecular formula is C19H17N3O2. The molecule has 0 bridgehead atoms. The number of phenolic OH excluding ortho intramolecular Hbond substituents is 1. The Bertz CT molecular complexity index is 818. The van der Waals surface area contributed by atoms with E-state index in [1.165, 1.54) is 12.3 Å². The quantitative estimate of drug-likeness (QED) is 0.671. The highest BCUT2D eigenvalue weighted by Crippen LogP contribution is 2.16. The third-order valence-electron chi connectivity index (χ3n) is 3.45. The van der Waals surface area contributed by atoms with Gasteiger partial charge in [-0.25, -0.2) is 4.98 Å². The second-order valence-corrected chi connectivity index (χ2v) is 5.28. The maximum absolute atomic E-state index is 12.2. The fourth-order valence-electron chi connectivity index (χ4n) is 2.21. The smallest absolute Gasteiger partial charge is 0.257 e. The zero-order valence-electron chi connectivity index (χ0n) is 12.9. The highest BCUT2D eigenvalue weighted by Gasteiger charge is 2.07. The van der Waals surface area contributed by atoms with Crippen LogP contribution in [-0.2, 0) is 6.54 Å². The number of benzene rings is 2. The number of nitrogens with one attached hydrogen (secondary N) is 2. The molecule has 0 aliphatic heterocycles. The summed E-state index contributed by atoms with van der Waals surface area (Å²) in [5, 5.41) is 15.3.